The smallest absolute Gasteiger partial charge is 0.0641 e. The van der Waals surface area contributed by atoms with Crippen LogP contribution in [0.1, 0.15) is 24.2 Å². The molecule has 1 heterocycles. The number of hydrogen-bond donors (Lipinski definition) is 1. The van der Waals surface area contributed by atoms with Crippen LogP contribution < -0.4 is 5.73 Å². The van der Waals surface area contributed by atoms with Gasteiger partial charge in [0.25, 0.3) is 0 Å². The van der Waals surface area contributed by atoms with Crippen molar-refractivity contribution in [3.63, 3.8) is 0 Å². The van der Waals surface area contributed by atoms with Crippen molar-refractivity contribution in [3.8, 4) is 0 Å². The van der Waals surface area contributed by atoms with Gasteiger partial charge in [-0.25, -0.2) is 0 Å². The van der Waals surface area contributed by atoms with E-state index in [4.69, 9.17) is 5.73 Å². The summed E-state index contributed by atoms with van der Waals surface area (Å²) in [5, 5.41) is 4.33. The quantitative estimate of drug-likeness (QED) is 0.770. The predicted octanol–water partition coefficient (Wildman–Crippen LogP) is 0.680. The molecular weight excluding hydrogens is 176 g/mol. The molecular formula is C10H20N4. The van der Waals surface area contributed by atoms with Gasteiger partial charge in [0.05, 0.1) is 11.7 Å². The zero-order valence-corrected chi connectivity index (χ0v) is 9.49. The summed E-state index contributed by atoms with van der Waals surface area (Å²) in [6.07, 6.45) is 2.05. The van der Waals surface area contributed by atoms with Crippen molar-refractivity contribution in [2.45, 2.75) is 19.9 Å². The van der Waals surface area contributed by atoms with Gasteiger partial charge in [-0.05, 0) is 20.5 Å². The van der Waals surface area contributed by atoms with E-state index >= 15 is 0 Å². The maximum absolute atomic E-state index is 5.78. The highest BCUT2D eigenvalue weighted by Gasteiger charge is 2.18. The molecule has 80 valence electrons. The van der Waals surface area contributed by atoms with Crippen LogP contribution in [-0.2, 0) is 7.05 Å². The largest absolute Gasteiger partial charge is 0.329 e. The number of likely N-dealkylation sites (N-methyl/N-ethyl adjacent to an activating group) is 1. The molecule has 14 heavy (non-hydrogen) atoms. The van der Waals surface area contributed by atoms with Crippen LogP contribution in [0.4, 0.5) is 0 Å². The Labute approximate surface area is 85.7 Å². The summed E-state index contributed by atoms with van der Waals surface area (Å²) < 4.78 is 1.84. The fourth-order valence-electron chi connectivity index (χ4n) is 1.71. The zero-order chi connectivity index (χ0) is 10.7. The lowest BCUT2D eigenvalue weighted by Crippen LogP contribution is -2.30. The van der Waals surface area contributed by atoms with Crippen LogP contribution in [0.2, 0.25) is 0 Å². The lowest BCUT2D eigenvalue weighted by atomic mass is 10.1. The van der Waals surface area contributed by atoms with Crippen LogP contribution in [-0.4, -0.2) is 34.8 Å². The van der Waals surface area contributed by atoms with Crippen molar-refractivity contribution < 1.29 is 0 Å². The highest BCUT2D eigenvalue weighted by molar-refractivity contribution is 5.20. The van der Waals surface area contributed by atoms with E-state index in [0.29, 0.717) is 6.54 Å². The molecule has 0 aliphatic heterocycles. The normalized spacial score (nSPS) is 13.6. The van der Waals surface area contributed by atoms with Gasteiger partial charge in [-0.1, -0.05) is 6.92 Å². The number of hydrogen-bond acceptors (Lipinski definition) is 3. The molecule has 0 fully saturated rings. The summed E-state index contributed by atoms with van der Waals surface area (Å²) >= 11 is 0. The number of nitrogens with zero attached hydrogens (tertiary/aromatic N) is 3. The first-order chi connectivity index (χ1) is 6.60. The minimum atomic E-state index is 0.286. The summed E-state index contributed by atoms with van der Waals surface area (Å²) in [4.78, 5) is 2.24. The maximum Gasteiger partial charge on any atom is 0.0641 e. The second-order valence-electron chi connectivity index (χ2n) is 3.67. The molecule has 0 amide bonds. The van der Waals surface area contributed by atoms with Gasteiger partial charge in [0.2, 0.25) is 0 Å². The van der Waals surface area contributed by atoms with Crippen molar-refractivity contribution in [1.29, 1.82) is 0 Å². The van der Waals surface area contributed by atoms with E-state index in [1.165, 1.54) is 5.56 Å². The molecule has 0 aliphatic rings. The van der Waals surface area contributed by atoms with E-state index in [-0.39, 0.29) is 6.04 Å². The Balaban J connectivity index is 2.94. The van der Waals surface area contributed by atoms with Gasteiger partial charge in [-0.15, -0.1) is 0 Å². The van der Waals surface area contributed by atoms with Crippen LogP contribution in [0.5, 0.6) is 0 Å². The van der Waals surface area contributed by atoms with E-state index < -0.39 is 0 Å². The lowest BCUT2D eigenvalue weighted by Gasteiger charge is -2.25. The highest BCUT2D eigenvalue weighted by Crippen LogP contribution is 2.20. The summed E-state index contributed by atoms with van der Waals surface area (Å²) in [6, 6.07) is 0.286. The van der Waals surface area contributed by atoms with E-state index in [1.54, 1.807) is 0 Å². The van der Waals surface area contributed by atoms with Crippen LogP contribution in [0.3, 0.4) is 0 Å². The summed E-state index contributed by atoms with van der Waals surface area (Å²) in [5.74, 6) is 0. The standard InChI is InChI=1S/C10H20N4/c1-5-13(3)10(6-11)9-7-14(4)12-8(9)2/h7,10H,5-6,11H2,1-4H3. The molecule has 0 aliphatic carbocycles. The second-order valence-corrected chi connectivity index (χ2v) is 3.67. The van der Waals surface area contributed by atoms with Crippen LogP contribution in [0.25, 0.3) is 0 Å². The first-order valence-electron chi connectivity index (χ1n) is 5.00. The molecule has 1 unspecified atom stereocenters. The van der Waals surface area contributed by atoms with Gasteiger partial charge in [-0.2, -0.15) is 5.10 Å². The van der Waals surface area contributed by atoms with Crippen molar-refractivity contribution in [3.05, 3.63) is 17.5 Å². The number of rotatable bonds is 4. The van der Waals surface area contributed by atoms with E-state index in [9.17, 15) is 0 Å². The average molecular weight is 196 g/mol. The van der Waals surface area contributed by atoms with E-state index in [0.717, 1.165) is 12.2 Å². The van der Waals surface area contributed by atoms with Gasteiger partial charge in [0.1, 0.15) is 0 Å². The molecule has 0 spiro atoms. The lowest BCUT2D eigenvalue weighted by molar-refractivity contribution is 0.262. The summed E-state index contributed by atoms with van der Waals surface area (Å²) in [7, 11) is 4.03. The van der Waals surface area contributed by atoms with Crippen LogP contribution in [0, 0.1) is 6.92 Å². The molecule has 0 saturated carbocycles. The Hall–Kier alpha value is -0.870. The third kappa shape index (κ3) is 2.13. The monoisotopic (exact) mass is 196 g/mol. The Bertz CT molecular complexity index is 292. The molecule has 1 aromatic rings. The Morgan fingerprint density at radius 3 is 2.64 bits per heavy atom. The van der Waals surface area contributed by atoms with Crippen LogP contribution >= 0.6 is 0 Å². The minimum Gasteiger partial charge on any atom is -0.329 e. The molecule has 1 atom stereocenters. The van der Waals surface area contributed by atoms with E-state index in [1.807, 2.05) is 18.7 Å². The predicted molar refractivity (Wildman–Crippen MR) is 58.0 cm³/mol. The third-order valence-corrected chi connectivity index (χ3v) is 2.66. The average Bonchev–Trinajstić information content (AvgIpc) is 2.47. The summed E-state index contributed by atoms with van der Waals surface area (Å²) in [5.41, 5.74) is 8.09. The molecule has 4 heteroatoms. The number of nitrogens with two attached hydrogens (primary N) is 1. The molecule has 0 radical (unpaired) electrons. The Morgan fingerprint density at radius 1 is 1.64 bits per heavy atom. The number of aryl methyl sites for hydroxylation is 2. The molecule has 4 nitrogen and oxygen atoms in total. The van der Waals surface area contributed by atoms with Crippen molar-refractivity contribution in [2.24, 2.45) is 12.8 Å². The fourth-order valence-corrected chi connectivity index (χ4v) is 1.71. The molecule has 1 aromatic heterocycles. The fraction of sp³-hybridized carbons (Fsp3) is 0.700. The zero-order valence-electron chi connectivity index (χ0n) is 9.49. The molecule has 0 saturated heterocycles. The molecule has 2 N–H and O–H groups in total. The molecule has 0 bridgehead atoms. The number of aromatic nitrogens is 2. The van der Waals surface area contributed by atoms with Gasteiger partial charge in [-0.3, -0.25) is 9.58 Å². The first kappa shape index (κ1) is 11.2. The molecule has 0 aromatic carbocycles. The Kier molecular flexibility index (Phi) is 3.66. The van der Waals surface area contributed by atoms with Gasteiger partial charge < -0.3 is 5.73 Å². The van der Waals surface area contributed by atoms with Gasteiger partial charge >= 0.3 is 0 Å². The van der Waals surface area contributed by atoms with Crippen molar-refractivity contribution >= 4 is 0 Å². The molecule has 1 rings (SSSR count). The van der Waals surface area contributed by atoms with Gasteiger partial charge in [0.15, 0.2) is 0 Å². The topological polar surface area (TPSA) is 47.1 Å². The second kappa shape index (κ2) is 4.57. The van der Waals surface area contributed by atoms with E-state index in [2.05, 4.69) is 30.2 Å². The Morgan fingerprint density at radius 2 is 2.29 bits per heavy atom. The minimum absolute atomic E-state index is 0.286. The summed E-state index contributed by atoms with van der Waals surface area (Å²) in [6.45, 7) is 5.79. The first-order valence-corrected chi connectivity index (χ1v) is 5.00. The van der Waals surface area contributed by atoms with Gasteiger partial charge in [0, 0.05) is 25.4 Å². The van der Waals surface area contributed by atoms with Crippen molar-refractivity contribution in [2.75, 3.05) is 20.1 Å². The third-order valence-electron chi connectivity index (χ3n) is 2.66. The highest BCUT2D eigenvalue weighted by atomic mass is 15.3. The van der Waals surface area contributed by atoms with Crippen LogP contribution in [0.15, 0.2) is 6.20 Å². The maximum atomic E-state index is 5.78. The SMILES string of the molecule is CCN(C)C(CN)c1cn(C)nc1C. The van der Waals surface area contributed by atoms with Crippen molar-refractivity contribution in [1.82, 2.24) is 14.7 Å².